The number of nitrogens with zero attached hydrogens (tertiary/aromatic N) is 2. The Morgan fingerprint density at radius 2 is 1.86 bits per heavy atom. The third-order valence-corrected chi connectivity index (χ3v) is 5.50. The maximum absolute atomic E-state index is 13.0. The average molecular weight is 388 g/mol. The van der Waals surface area contributed by atoms with Gasteiger partial charge in [-0.1, -0.05) is 0 Å². The van der Waals surface area contributed by atoms with E-state index in [-0.39, 0.29) is 30.1 Å². The van der Waals surface area contributed by atoms with Gasteiger partial charge in [-0.3, -0.25) is 19.3 Å². The molecular weight excluding hydrogens is 364 g/mol. The highest BCUT2D eigenvalue weighted by Gasteiger charge is 2.44. The zero-order chi connectivity index (χ0) is 19.7. The number of amides is 2. The van der Waals surface area contributed by atoms with E-state index in [9.17, 15) is 14.4 Å². The van der Waals surface area contributed by atoms with E-state index in [1.165, 1.54) is 4.90 Å². The van der Waals surface area contributed by atoms with Crippen LogP contribution in [0.15, 0.2) is 18.2 Å². The molecular formula is C20H24N2O6. The number of benzene rings is 1. The molecule has 2 fully saturated rings. The van der Waals surface area contributed by atoms with Crippen molar-refractivity contribution >= 4 is 23.5 Å². The first kappa shape index (κ1) is 18.7. The maximum atomic E-state index is 13.0. The number of ether oxygens (including phenoxy) is 3. The molecule has 1 atom stereocenters. The van der Waals surface area contributed by atoms with Gasteiger partial charge in [-0.05, 0) is 45.0 Å². The second kappa shape index (κ2) is 7.79. The lowest BCUT2D eigenvalue weighted by molar-refractivity contribution is -0.149. The summed E-state index contributed by atoms with van der Waals surface area (Å²) in [5, 5.41) is 0. The van der Waals surface area contributed by atoms with Gasteiger partial charge in [0.05, 0.1) is 30.7 Å². The zero-order valence-electron chi connectivity index (χ0n) is 15.9. The summed E-state index contributed by atoms with van der Waals surface area (Å²) >= 11 is 0. The van der Waals surface area contributed by atoms with Crippen LogP contribution in [0.25, 0.3) is 0 Å². The van der Waals surface area contributed by atoms with Gasteiger partial charge in [0.2, 0.25) is 5.91 Å². The quantitative estimate of drug-likeness (QED) is 0.569. The molecule has 3 aliphatic rings. The molecule has 2 amide bonds. The number of piperidine rings is 1. The topological polar surface area (TPSA) is 85.4 Å². The van der Waals surface area contributed by atoms with E-state index in [1.54, 1.807) is 25.1 Å². The van der Waals surface area contributed by atoms with Crippen molar-refractivity contribution in [2.75, 3.05) is 37.8 Å². The van der Waals surface area contributed by atoms with E-state index in [2.05, 4.69) is 0 Å². The number of hydrogen-bond donors (Lipinski definition) is 0. The molecule has 3 aliphatic heterocycles. The summed E-state index contributed by atoms with van der Waals surface area (Å²) < 4.78 is 16.2. The maximum Gasteiger partial charge on any atom is 0.309 e. The van der Waals surface area contributed by atoms with Crippen molar-refractivity contribution in [2.24, 2.45) is 5.92 Å². The monoisotopic (exact) mass is 388 g/mol. The van der Waals surface area contributed by atoms with Crippen molar-refractivity contribution in [1.82, 2.24) is 4.90 Å². The first-order valence-corrected chi connectivity index (χ1v) is 9.75. The first-order chi connectivity index (χ1) is 13.6. The SMILES string of the molecule is CCOC(=O)C1CCN([C@@H]2CC(=O)N(c3ccc4c(c3)OCCO4)C2=O)CC1. The van der Waals surface area contributed by atoms with Gasteiger partial charge in [-0.25, -0.2) is 4.90 Å². The number of fused-ring (bicyclic) bond motifs is 1. The van der Waals surface area contributed by atoms with Crippen LogP contribution in [0.3, 0.4) is 0 Å². The molecule has 0 unspecified atom stereocenters. The molecule has 0 aliphatic carbocycles. The van der Waals surface area contributed by atoms with Crippen LogP contribution >= 0.6 is 0 Å². The number of hydrogen-bond acceptors (Lipinski definition) is 7. The van der Waals surface area contributed by atoms with Gasteiger partial charge in [0.15, 0.2) is 11.5 Å². The van der Waals surface area contributed by atoms with Crippen molar-refractivity contribution in [1.29, 1.82) is 0 Å². The third-order valence-electron chi connectivity index (χ3n) is 5.50. The smallest absolute Gasteiger partial charge is 0.309 e. The van der Waals surface area contributed by atoms with Crippen molar-refractivity contribution in [2.45, 2.75) is 32.2 Å². The van der Waals surface area contributed by atoms with E-state index >= 15 is 0 Å². The van der Waals surface area contributed by atoms with Crippen LogP contribution in [0.1, 0.15) is 26.2 Å². The molecule has 4 rings (SSSR count). The minimum atomic E-state index is -0.483. The summed E-state index contributed by atoms with van der Waals surface area (Å²) in [6.07, 6.45) is 1.43. The predicted molar refractivity (Wildman–Crippen MR) is 99.3 cm³/mol. The number of esters is 1. The summed E-state index contributed by atoms with van der Waals surface area (Å²) in [5.74, 6) is 0.413. The second-order valence-corrected chi connectivity index (χ2v) is 7.18. The average Bonchev–Trinajstić information content (AvgIpc) is 3.02. The fraction of sp³-hybridized carbons (Fsp3) is 0.550. The first-order valence-electron chi connectivity index (χ1n) is 9.75. The standard InChI is InChI=1S/C20H24N2O6/c1-2-26-20(25)13-5-7-21(8-6-13)15-12-18(23)22(19(15)24)14-3-4-16-17(11-14)28-10-9-27-16/h3-4,11,13,15H,2,5-10,12H2,1H3/t15-/m1/s1. The molecule has 3 heterocycles. The van der Waals surface area contributed by atoms with Crippen LogP contribution in [0.4, 0.5) is 5.69 Å². The Balaban J connectivity index is 1.44. The lowest BCUT2D eigenvalue weighted by Crippen LogP contribution is -2.47. The Morgan fingerprint density at radius 1 is 1.14 bits per heavy atom. The molecule has 2 saturated heterocycles. The van der Waals surface area contributed by atoms with Gasteiger partial charge >= 0.3 is 5.97 Å². The van der Waals surface area contributed by atoms with Crippen molar-refractivity contribution < 1.29 is 28.6 Å². The minimum absolute atomic E-state index is 0.127. The number of likely N-dealkylation sites (tertiary alicyclic amines) is 1. The molecule has 28 heavy (non-hydrogen) atoms. The summed E-state index contributed by atoms with van der Waals surface area (Å²) in [7, 11) is 0. The Hall–Kier alpha value is -2.61. The summed E-state index contributed by atoms with van der Waals surface area (Å²) in [6, 6.07) is 4.63. The molecule has 0 N–H and O–H groups in total. The molecule has 0 aromatic heterocycles. The molecule has 8 heteroatoms. The number of rotatable bonds is 4. The van der Waals surface area contributed by atoms with Crippen LogP contribution in [-0.4, -0.2) is 61.6 Å². The van der Waals surface area contributed by atoms with Gasteiger partial charge in [0, 0.05) is 6.07 Å². The molecule has 0 radical (unpaired) electrons. The van der Waals surface area contributed by atoms with Gasteiger partial charge < -0.3 is 14.2 Å². The predicted octanol–water partition coefficient (Wildman–Crippen LogP) is 1.36. The summed E-state index contributed by atoms with van der Waals surface area (Å²) in [6.45, 7) is 4.29. The third kappa shape index (κ3) is 3.44. The zero-order valence-corrected chi connectivity index (χ0v) is 15.9. The lowest BCUT2D eigenvalue weighted by Gasteiger charge is -2.33. The fourth-order valence-corrected chi connectivity index (χ4v) is 4.05. The number of anilines is 1. The second-order valence-electron chi connectivity index (χ2n) is 7.18. The number of imide groups is 1. The van der Waals surface area contributed by atoms with E-state index in [4.69, 9.17) is 14.2 Å². The van der Waals surface area contributed by atoms with E-state index in [0.29, 0.717) is 62.9 Å². The van der Waals surface area contributed by atoms with Crippen molar-refractivity contribution in [3.8, 4) is 11.5 Å². The largest absolute Gasteiger partial charge is 0.486 e. The Kier molecular flexibility index (Phi) is 5.21. The van der Waals surface area contributed by atoms with Crippen LogP contribution in [-0.2, 0) is 19.1 Å². The van der Waals surface area contributed by atoms with Gasteiger partial charge in [0.25, 0.3) is 5.91 Å². The van der Waals surface area contributed by atoms with Gasteiger partial charge in [0.1, 0.15) is 13.2 Å². The number of carbonyl (C=O) groups excluding carboxylic acids is 3. The molecule has 0 bridgehead atoms. The van der Waals surface area contributed by atoms with E-state index in [0.717, 1.165) is 0 Å². The Labute approximate surface area is 163 Å². The molecule has 0 saturated carbocycles. The van der Waals surface area contributed by atoms with Crippen molar-refractivity contribution in [3.05, 3.63) is 18.2 Å². The van der Waals surface area contributed by atoms with E-state index in [1.807, 2.05) is 4.90 Å². The molecule has 8 nitrogen and oxygen atoms in total. The summed E-state index contributed by atoms with van der Waals surface area (Å²) in [4.78, 5) is 40.7. The minimum Gasteiger partial charge on any atom is -0.486 e. The van der Waals surface area contributed by atoms with Gasteiger partial charge in [-0.15, -0.1) is 0 Å². The van der Waals surface area contributed by atoms with Crippen LogP contribution in [0.5, 0.6) is 11.5 Å². The Morgan fingerprint density at radius 3 is 2.57 bits per heavy atom. The molecule has 1 aromatic carbocycles. The molecule has 1 aromatic rings. The number of carbonyl (C=O) groups is 3. The van der Waals surface area contributed by atoms with Gasteiger partial charge in [-0.2, -0.15) is 0 Å². The molecule has 150 valence electrons. The normalized spacial score (nSPS) is 23.2. The highest BCUT2D eigenvalue weighted by atomic mass is 16.6. The van der Waals surface area contributed by atoms with Crippen molar-refractivity contribution in [3.63, 3.8) is 0 Å². The summed E-state index contributed by atoms with van der Waals surface area (Å²) in [5.41, 5.74) is 0.503. The molecule has 0 spiro atoms. The highest BCUT2D eigenvalue weighted by molar-refractivity contribution is 6.22. The van der Waals surface area contributed by atoms with Crippen LogP contribution < -0.4 is 14.4 Å². The van der Waals surface area contributed by atoms with Crippen LogP contribution in [0.2, 0.25) is 0 Å². The fourth-order valence-electron chi connectivity index (χ4n) is 4.05. The Bertz CT molecular complexity index is 787. The lowest BCUT2D eigenvalue weighted by atomic mass is 9.95. The van der Waals surface area contributed by atoms with E-state index < -0.39 is 6.04 Å². The van der Waals surface area contributed by atoms with Crippen LogP contribution in [0, 0.1) is 5.92 Å². The highest BCUT2D eigenvalue weighted by Crippen LogP contribution is 2.36.